The Labute approximate surface area is 153 Å². The zero-order valence-corrected chi connectivity index (χ0v) is 16.0. The number of hydrogen-bond donors (Lipinski definition) is 0. The normalized spacial score (nSPS) is 19.8. The second-order valence-corrected chi connectivity index (χ2v) is 7.32. The van der Waals surface area contributed by atoms with Crippen molar-refractivity contribution in [2.45, 2.75) is 26.3 Å². The standard InChI is InChI=1S/C18H29N5O3/c1-4-23-15(13-16(24)20(3)18(23)26)21-7-5-14(6-8-21)17(25)22-11-9-19(2)10-12-22/h13-14H,4-12H2,1-3H3. The highest BCUT2D eigenvalue weighted by atomic mass is 16.2. The van der Waals surface area contributed by atoms with Gasteiger partial charge in [-0.1, -0.05) is 0 Å². The number of carbonyl (C=O) groups is 1. The molecule has 1 amide bonds. The van der Waals surface area contributed by atoms with Crippen LogP contribution < -0.4 is 16.1 Å². The fourth-order valence-corrected chi connectivity index (χ4v) is 3.86. The number of aromatic nitrogens is 2. The quantitative estimate of drug-likeness (QED) is 0.728. The van der Waals surface area contributed by atoms with Crippen molar-refractivity contribution in [1.29, 1.82) is 0 Å². The molecule has 26 heavy (non-hydrogen) atoms. The number of piperazine rings is 1. The van der Waals surface area contributed by atoms with Gasteiger partial charge >= 0.3 is 5.69 Å². The van der Waals surface area contributed by atoms with E-state index in [9.17, 15) is 14.4 Å². The molecule has 144 valence electrons. The maximum absolute atomic E-state index is 12.8. The van der Waals surface area contributed by atoms with Gasteiger partial charge in [0.1, 0.15) is 5.82 Å². The van der Waals surface area contributed by atoms with Crippen LogP contribution >= 0.6 is 0 Å². The molecule has 2 aliphatic rings. The fraction of sp³-hybridized carbons (Fsp3) is 0.722. The zero-order chi connectivity index (χ0) is 18.8. The Bertz CT molecular complexity index is 768. The van der Waals surface area contributed by atoms with E-state index in [4.69, 9.17) is 0 Å². The molecular weight excluding hydrogens is 334 g/mol. The van der Waals surface area contributed by atoms with Crippen molar-refractivity contribution in [3.05, 3.63) is 26.9 Å². The van der Waals surface area contributed by atoms with Gasteiger partial charge in [0.05, 0.1) is 0 Å². The Kier molecular flexibility index (Phi) is 5.50. The van der Waals surface area contributed by atoms with Crippen LogP contribution in [0.2, 0.25) is 0 Å². The van der Waals surface area contributed by atoms with Crippen molar-refractivity contribution in [2.75, 3.05) is 51.2 Å². The summed E-state index contributed by atoms with van der Waals surface area (Å²) in [5.41, 5.74) is -0.573. The number of amides is 1. The molecule has 0 bridgehead atoms. The van der Waals surface area contributed by atoms with Crippen LogP contribution in [0, 0.1) is 5.92 Å². The largest absolute Gasteiger partial charge is 0.358 e. The lowest BCUT2D eigenvalue weighted by Crippen LogP contribution is -2.51. The summed E-state index contributed by atoms with van der Waals surface area (Å²) in [6.45, 7) is 7.27. The molecule has 2 saturated heterocycles. The Morgan fingerprint density at radius 1 is 1.04 bits per heavy atom. The van der Waals surface area contributed by atoms with Gasteiger partial charge in [0.2, 0.25) is 5.91 Å². The van der Waals surface area contributed by atoms with Gasteiger partial charge in [0.25, 0.3) is 5.56 Å². The second-order valence-electron chi connectivity index (χ2n) is 7.32. The number of rotatable bonds is 3. The average Bonchev–Trinajstić information content (AvgIpc) is 2.66. The van der Waals surface area contributed by atoms with Crippen LogP contribution in [-0.2, 0) is 18.4 Å². The summed E-state index contributed by atoms with van der Waals surface area (Å²) in [7, 11) is 3.58. The monoisotopic (exact) mass is 363 g/mol. The van der Waals surface area contributed by atoms with Crippen molar-refractivity contribution in [3.63, 3.8) is 0 Å². The predicted octanol–water partition coefficient (Wildman–Crippen LogP) is -0.443. The smallest absolute Gasteiger partial charge is 0.332 e. The topological polar surface area (TPSA) is 70.8 Å². The van der Waals surface area contributed by atoms with Gasteiger partial charge < -0.3 is 14.7 Å². The molecule has 3 heterocycles. The maximum atomic E-state index is 12.8. The van der Waals surface area contributed by atoms with Crippen molar-refractivity contribution >= 4 is 11.7 Å². The SMILES string of the molecule is CCn1c(N2CCC(C(=O)N3CCN(C)CC3)CC2)cc(=O)n(C)c1=O. The van der Waals surface area contributed by atoms with Gasteiger partial charge in [-0.15, -0.1) is 0 Å². The number of anilines is 1. The molecule has 1 aromatic rings. The molecule has 0 aliphatic carbocycles. The summed E-state index contributed by atoms with van der Waals surface area (Å²) < 4.78 is 2.76. The highest BCUT2D eigenvalue weighted by Gasteiger charge is 2.30. The molecule has 8 nitrogen and oxygen atoms in total. The second kappa shape index (κ2) is 7.65. The third-order valence-electron chi connectivity index (χ3n) is 5.68. The van der Waals surface area contributed by atoms with Crippen LogP contribution in [0.4, 0.5) is 5.82 Å². The summed E-state index contributed by atoms with van der Waals surface area (Å²) in [6, 6.07) is 1.54. The Balaban J connectivity index is 1.68. The first kappa shape index (κ1) is 18.7. The van der Waals surface area contributed by atoms with Gasteiger partial charge in [-0.05, 0) is 26.8 Å². The van der Waals surface area contributed by atoms with Crippen LogP contribution in [0.5, 0.6) is 0 Å². The van der Waals surface area contributed by atoms with E-state index in [0.717, 1.165) is 43.6 Å². The minimum absolute atomic E-state index is 0.0444. The van der Waals surface area contributed by atoms with Crippen LogP contribution in [0.15, 0.2) is 15.7 Å². The first-order valence-electron chi connectivity index (χ1n) is 9.45. The summed E-state index contributed by atoms with van der Waals surface area (Å²) in [6.07, 6.45) is 1.52. The third kappa shape index (κ3) is 3.56. The first-order chi connectivity index (χ1) is 12.4. The molecule has 0 atom stereocenters. The van der Waals surface area contributed by atoms with Gasteiger partial charge in [0, 0.05) is 64.8 Å². The molecule has 2 fully saturated rings. The minimum atomic E-state index is -0.287. The lowest BCUT2D eigenvalue weighted by atomic mass is 9.95. The molecule has 0 saturated carbocycles. The maximum Gasteiger partial charge on any atom is 0.332 e. The van der Waals surface area contributed by atoms with Crippen LogP contribution in [0.3, 0.4) is 0 Å². The molecule has 0 radical (unpaired) electrons. The average molecular weight is 363 g/mol. The number of carbonyl (C=O) groups excluding carboxylic acids is 1. The van der Waals surface area contributed by atoms with E-state index >= 15 is 0 Å². The highest BCUT2D eigenvalue weighted by Crippen LogP contribution is 2.24. The van der Waals surface area contributed by atoms with Crippen molar-refractivity contribution in [1.82, 2.24) is 18.9 Å². The van der Waals surface area contributed by atoms with Crippen molar-refractivity contribution in [2.24, 2.45) is 13.0 Å². The lowest BCUT2D eigenvalue weighted by Gasteiger charge is -2.38. The minimum Gasteiger partial charge on any atom is -0.358 e. The molecule has 0 unspecified atom stereocenters. The van der Waals surface area contributed by atoms with Gasteiger partial charge in [-0.3, -0.25) is 18.7 Å². The van der Waals surface area contributed by atoms with Gasteiger partial charge in [0.15, 0.2) is 0 Å². The van der Waals surface area contributed by atoms with Gasteiger partial charge in [-0.25, -0.2) is 4.79 Å². The van der Waals surface area contributed by atoms with E-state index in [0.29, 0.717) is 25.5 Å². The molecule has 0 aromatic carbocycles. The van der Waals surface area contributed by atoms with Crippen LogP contribution in [0.1, 0.15) is 19.8 Å². The summed E-state index contributed by atoms with van der Waals surface area (Å²) in [4.78, 5) is 43.4. The van der Waals surface area contributed by atoms with E-state index in [1.807, 2.05) is 11.8 Å². The van der Waals surface area contributed by atoms with E-state index in [-0.39, 0.29) is 23.1 Å². The molecule has 0 N–H and O–H groups in total. The molecule has 8 heteroatoms. The predicted molar refractivity (Wildman–Crippen MR) is 101 cm³/mol. The van der Waals surface area contributed by atoms with Crippen molar-refractivity contribution in [3.8, 4) is 0 Å². The Hall–Kier alpha value is -2.09. The van der Waals surface area contributed by atoms with Crippen molar-refractivity contribution < 1.29 is 4.79 Å². The molecule has 2 aliphatic heterocycles. The Morgan fingerprint density at radius 2 is 1.65 bits per heavy atom. The molecule has 3 rings (SSSR count). The molecule has 0 spiro atoms. The van der Waals surface area contributed by atoms with Crippen LogP contribution in [-0.4, -0.2) is 71.2 Å². The Morgan fingerprint density at radius 3 is 2.23 bits per heavy atom. The van der Waals surface area contributed by atoms with Gasteiger partial charge in [-0.2, -0.15) is 0 Å². The van der Waals surface area contributed by atoms with E-state index in [2.05, 4.69) is 16.8 Å². The lowest BCUT2D eigenvalue weighted by molar-refractivity contribution is -0.137. The fourth-order valence-electron chi connectivity index (χ4n) is 3.86. The van der Waals surface area contributed by atoms with E-state index < -0.39 is 0 Å². The number of nitrogens with zero attached hydrogens (tertiary/aromatic N) is 5. The molecular formula is C18H29N5O3. The van der Waals surface area contributed by atoms with E-state index in [1.54, 1.807) is 4.57 Å². The third-order valence-corrected chi connectivity index (χ3v) is 5.68. The summed E-state index contributed by atoms with van der Waals surface area (Å²) in [5.74, 6) is 0.976. The number of piperidine rings is 1. The summed E-state index contributed by atoms with van der Waals surface area (Å²) in [5, 5.41) is 0. The summed E-state index contributed by atoms with van der Waals surface area (Å²) >= 11 is 0. The molecule has 1 aromatic heterocycles. The first-order valence-corrected chi connectivity index (χ1v) is 9.45. The number of likely N-dealkylation sites (N-methyl/N-ethyl adjacent to an activating group) is 1. The van der Waals surface area contributed by atoms with Crippen LogP contribution in [0.25, 0.3) is 0 Å². The highest BCUT2D eigenvalue weighted by molar-refractivity contribution is 5.79. The zero-order valence-electron chi connectivity index (χ0n) is 16.0. The van der Waals surface area contributed by atoms with E-state index in [1.165, 1.54) is 13.1 Å². The number of hydrogen-bond acceptors (Lipinski definition) is 5.